The first-order valence-corrected chi connectivity index (χ1v) is 10.9. The predicted molar refractivity (Wildman–Crippen MR) is 110 cm³/mol. The van der Waals surface area contributed by atoms with Crippen LogP contribution in [0.15, 0.2) is 24.3 Å². The fourth-order valence-corrected chi connectivity index (χ4v) is 6.19. The molecule has 4 bridgehead atoms. The number of nitrogens with zero attached hydrogens (tertiary/aromatic N) is 1. The van der Waals surface area contributed by atoms with Crippen LogP contribution in [-0.4, -0.2) is 35.2 Å². The van der Waals surface area contributed by atoms with Gasteiger partial charge in [0, 0.05) is 12.1 Å². The molecule has 4 saturated carbocycles. The topological polar surface area (TPSA) is 55.8 Å². The number of amides is 1. The number of rotatable bonds is 4. The van der Waals surface area contributed by atoms with E-state index in [1.807, 2.05) is 37.8 Å². The number of benzene rings is 1. The van der Waals surface area contributed by atoms with Crippen LogP contribution in [0.3, 0.4) is 0 Å². The minimum absolute atomic E-state index is 0.0852. The van der Waals surface area contributed by atoms with Gasteiger partial charge in [-0.2, -0.15) is 0 Å². The Bertz CT molecular complexity index is 742. The molecule has 0 saturated heterocycles. The van der Waals surface area contributed by atoms with Gasteiger partial charge >= 0.3 is 12.1 Å². The van der Waals surface area contributed by atoms with E-state index in [1.165, 1.54) is 26.4 Å². The summed E-state index contributed by atoms with van der Waals surface area (Å²) >= 11 is 0. The zero-order valence-electron chi connectivity index (χ0n) is 18.1. The zero-order valence-corrected chi connectivity index (χ0v) is 18.1. The van der Waals surface area contributed by atoms with Crippen LogP contribution >= 0.6 is 0 Å². The summed E-state index contributed by atoms with van der Waals surface area (Å²) in [5.74, 6) is 1.88. The lowest BCUT2D eigenvalue weighted by atomic mass is 9.52. The second-order valence-corrected chi connectivity index (χ2v) is 10.4. The lowest BCUT2D eigenvalue weighted by Gasteiger charge is -2.60. The summed E-state index contributed by atoms with van der Waals surface area (Å²) in [7, 11) is 1.38. The van der Waals surface area contributed by atoms with Crippen LogP contribution in [0.1, 0.15) is 75.2 Å². The molecule has 5 heteroatoms. The SMILES string of the molecule is COC(=O)c1ccc(CN(C(=O)OC(C)(C)C)C23CC4CC(CC(C4)C2)C3)cc1. The number of methoxy groups -OCH3 is 1. The lowest BCUT2D eigenvalue weighted by molar-refractivity contribution is -0.0933. The van der Waals surface area contributed by atoms with Crippen molar-refractivity contribution in [3.63, 3.8) is 0 Å². The maximum Gasteiger partial charge on any atom is 0.411 e. The molecule has 1 amide bonds. The highest BCUT2D eigenvalue weighted by Gasteiger charge is 2.55. The Kier molecular flexibility index (Phi) is 5.12. The molecule has 0 N–H and O–H groups in total. The van der Waals surface area contributed by atoms with Crippen LogP contribution in [-0.2, 0) is 16.0 Å². The van der Waals surface area contributed by atoms with Crippen molar-refractivity contribution in [2.45, 2.75) is 77.0 Å². The van der Waals surface area contributed by atoms with E-state index in [1.54, 1.807) is 12.1 Å². The minimum atomic E-state index is -0.521. The Balaban J connectivity index is 1.61. The number of hydrogen-bond acceptors (Lipinski definition) is 4. The van der Waals surface area contributed by atoms with E-state index in [9.17, 15) is 9.59 Å². The molecule has 0 aromatic heterocycles. The summed E-state index contributed by atoms with van der Waals surface area (Å²) in [5, 5.41) is 0. The van der Waals surface area contributed by atoms with Gasteiger partial charge in [0.05, 0.1) is 12.7 Å². The average Bonchev–Trinajstić information content (AvgIpc) is 2.63. The molecule has 5 rings (SSSR count). The van der Waals surface area contributed by atoms with Crippen molar-refractivity contribution >= 4 is 12.1 Å². The Morgan fingerprint density at radius 1 is 1.00 bits per heavy atom. The summed E-state index contributed by atoms with van der Waals surface area (Å²) in [6.07, 6.45) is 7.06. The lowest BCUT2D eigenvalue weighted by Crippen LogP contribution is -2.61. The molecule has 1 aromatic rings. The van der Waals surface area contributed by atoms with Crippen molar-refractivity contribution in [1.29, 1.82) is 0 Å². The standard InChI is InChI=1S/C24H33NO4/c1-23(2,3)29-22(27)25(15-16-5-7-20(8-6-16)21(26)28-4)24-12-17-9-18(13-24)11-19(10-17)14-24/h5-8,17-19H,9-15H2,1-4H3. The van der Waals surface area contributed by atoms with Gasteiger partial charge in [-0.25, -0.2) is 9.59 Å². The van der Waals surface area contributed by atoms with Crippen LogP contribution in [0.4, 0.5) is 4.79 Å². The van der Waals surface area contributed by atoms with E-state index < -0.39 is 5.60 Å². The minimum Gasteiger partial charge on any atom is -0.465 e. The number of hydrogen-bond donors (Lipinski definition) is 0. The highest BCUT2D eigenvalue weighted by Crippen LogP contribution is 2.58. The molecule has 0 spiro atoms. The van der Waals surface area contributed by atoms with Crippen molar-refractivity contribution in [1.82, 2.24) is 4.90 Å². The van der Waals surface area contributed by atoms with Gasteiger partial charge in [0.25, 0.3) is 0 Å². The third-order valence-corrected chi connectivity index (χ3v) is 6.91. The summed E-state index contributed by atoms with van der Waals surface area (Å²) in [5.41, 5.74) is 0.930. The van der Waals surface area contributed by atoms with Crippen molar-refractivity contribution < 1.29 is 19.1 Å². The maximum atomic E-state index is 13.3. The first kappa shape index (κ1) is 20.2. The molecule has 0 atom stereocenters. The van der Waals surface area contributed by atoms with E-state index in [4.69, 9.17) is 9.47 Å². The third kappa shape index (κ3) is 4.15. The molecular formula is C24H33NO4. The summed E-state index contributed by atoms with van der Waals surface area (Å²) < 4.78 is 10.6. The second kappa shape index (κ2) is 7.33. The maximum absolute atomic E-state index is 13.3. The number of carbonyl (C=O) groups is 2. The summed E-state index contributed by atoms with van der Waals surface area (Å²) in [6.45, 7) is 6.29. The van der Waals surface area contributed by atoms with E-state index >= 15 is 0 Å². The molecule has 1 aromatic carbocycles. The predicted octanol–water partition coefficient (Wildman–Crippen LogP) is 5.18. The van der Waals surface area contributed by atoms with Gasteiger partial charge in [-0.15, -0.1) is 0 Å². The number of carbonyl (C=O) groups excluding carboxylic acids is 2. The summed E-state index contributed by atoms with van der Waals surface area (Å²) in [4.78, 5) is 27.1. The highest BCUT2D eigenvalue weighted by atomic mass is 16.6. The zero-order chi connectivity index (χ0) is 20.8. The second-order valence-electron chi connectivity index (χ2n) is 10.4. The molecule has 4 aliphatic rings. The number of ether oxygens (including phenoxy) is 2. The van der Waals surface area contributed by atoms with Gasteiger partial charge in [-0.1, -0.05) is 12.1 Å². The van der Waals surface area contributed by atoms with Crippen LogP contribution in [0.5, 0.6) is 0 Å². The molecule has 4 fully saturated rings. The van der Waals surface area contributed by atoms with Crippen molar-refractivity contribution in [2.24, 2.45) is 17.8 Å². The van der Waals surface area contributed by atoms with Gasteiger partial charge < -0.3 is 9.47 Å². The molecule has 158 valence electrons. The van der Waals surface area contributed by atoms with Crippen LogP contribution in [0, 0.1) is 17.8 Å². The van der Waals surface area contributed by atoms with Gasteiger partial charge in [-0.3, -0.25) is 4.90 Å². The first-order valence-electron chi connectivity index (χ1n) is 10.9. The van der Waals surface area contributed by atoms with E-state index in [0.717, 1.165) is 42.6 Å². The Morgan fingerprint density at radius 2 is 1.52 bits per heavy atom. The Labute approximate surface area is 173 Å². The number of esters is 1. The third-order valence-electron chi connectivity index (χ3n) is 6.91. The Hall–Kier alpha value is -2.04. The normalized spacial score (nSPS) is 30.1. The van der Waals surface area contributed by atoms with Gasteiger partial charge in [0.15, 0.2) is 0 Å². The van der Waals surface area contributed by atoms with Crippen molar-refractivity contribution in [2.75, 3.05) is 7.11 Å². The molecular weight excluding hydrogens is 366 g/mol. The fourth-order valence-electron chi connectivity index (χ4n) is 6.19. The van der Waals surface area contributed by atoms with Gasteiger partial charge in [0.1, 0.15) is 5.60 Å². The largest absolute Gasteiger partial charge is 0.465 e. The quantitative estimate of drug-likeness (QED) is 0.655. The molecule has 4 aliphatic carbocycles. The van der Waals surface area contributed by atoms with E-state index in [-0.39, 0.29) is 17.6 Å². The monoisotopic (exact) mass is 399 g/mol. The highest BCUT2D eigenvalue weighted by molar-refractivity contribution is 5.89. The van der Waals surface area contributed by atoms with E-state index in [2.05, 4.69) is 0 Å². The molecule has 5 nitrogen and oxygen atoms in total. The Morgan fingerprint density at radius 3 is 1.97 bits per heavy atom. The molecule has 0 heterocycles. The van der Waals surface area contributed by atoms with Crippen LogP contribution in [0.25, 0.3) is 0 Å². The smallest absolute Gasteiger partial charge is 0.411 e. The van der Waals surface area contributed by atoms with Crippen molar-refractivity contribution in [3.05, 3.63) is 35.4 Å². The van der Waals surface area contributed by atoms with E-state index in [0.29, 0.717) is 12.1 Å². The summed E-state index contributed by atoms with van der Waals surface area (Å²) in [6, 6.07) is 7.39. The molecule has 0 unspecified atom stereocenters. The van der Waals surface area contributed by atoms with Crippen LogP contribution < -0.4 is 0 Å². The molecule has 0 radical (unpaired) electrons. The molecule has 29 heavy (non-hydrogen) atoms. The van der Waals surface area contributed by atoms with Gasteiger partial charge in [-0.05, 0) is 94.7 Å². The fraction of sp³-hybridized carbons (Fsp3) is 0.667. The van der Waals surface area contributed by atoms with Crippen molar-refractivity contribution in [3.8, 4) is 0 Å². The average molecular weight is 400 g/mol. The first-order chi connectivity index (χ1) is 13.7. The molecule has 0 aliphatic heterocycles. The van der Waals surface area contributed by atoms with Crippen LogP contribution in [0.2, 0.25) is 0 Å². The van der Waals surface area contributed by atoms with Gasteiger partial charge in [0.2, 0.25) is 0 Å².